The van der Waals surface area contributed by atoms with Gasteiger partial charge in [-0.25, -0.2) is 18.0 Å². The number of carbonyl (C=O) groups is 3. The van der Waals surface area contributed by atoms with Gasteiger partial charge < -0.3 is 14.3 Å². The minimum atomic E-state index is -2.35. The SMILES string of the molecule is C[C@@H]1C[C@@H]2[C@@H]3C[C@H](F)C4=CC(=O)C=C[C@]4(C)[C@@]3(F)[C@@H](O)C[C@]2(C)[C@@]1(OC(=O)c1ccco1)C(=O)SCF. The Balaban J connectivity index is 1.64. The fraction of sp³-hybridized carbons (Fsp3) is 0.593. The molecule has 1 aromatic heterocycles. The summed E-state index contributed by atoms with van der Waals surface area (Å²) in [6.45, 7) is 4.79. The van der Waals surface area contributed by atoms with Crippen molar-refractivity contribution in [2.45, 2.75) is 63.6 Å². The zero-order valence-corrected chi connectivity index (χ0v) is 21.5. The highest BCUT2D eigenvalue weighted by Gasteiger charge is 2.78. The second-order valence-electron chi connectivity index (χ2n) is 11.1. The molecule has 0 aromatic carbocycles. The van der Waals surface area contributed by atoms with Crippen LogP contribution in [0.1, 0.15) is 50.6 Å². The van der Waals surface area contributed by atoms with Gasteiger partial charge in [-0.1, -0.05) is 19.9 Å². The highest BCUT2D eigenvalue weighted by Crippen LogP contribution is 2.72. The molecular formula is C27H29F3O6S. The lowest BCUT2D eigenvalue weighted by molar-refractivity contribution is -0.221. The summed E-state index contributed by atoms with van der Waals surface area (Å²) in [5.74, 6) is -3.98. The van der Waals surface area contributed by atoms with Crippen molar-refractivity contribution in [2.75, 3.05) is 6.01 Å². The Morgan fingerprint density at radius 1 is 1.27 bits per heavy atom. The summed E-state index contributed by atoms with van der Waals surface area (Å²) in [5, 5.41) is 10.7. The molecule has 0 amide bonds. The summed E-state index contributed by atoms with van der Waals surface area (Å²) in [6, 6.07) is 1.78. The number of furan rings is 1. The van der Waals surface area contributed by atoms with Crippen molar-refractivity contribution < 1.29 is 41.8 Å². The number of halogens is 3. The van der Waals surface area contributed by atoms with Crippen molar-refractivity contribution in [1.82, 2.24) is 0 Å². The second-order valence-corrected chi connectivity index (χ2v) is 12.0. The van der Waals surface area contributed by atoms with E-state index in [2.05, 4.69) is 0 Å². The minimum absolute atomic E-state index is 0.00739. The number of esters is 1. The smallest absolute Gasteiger partial charge is 0.375 e. The molecule has 200 valence electrons. The monoisotopic (exact) mass is 538 g/mol. The zero-order chi connectivity index (χ0) is 27.0. The first-order chi connectivity index (χ1) is 17.4. The second kappa shape index (κ2) is 8.59. The van der Waals surface area contributed by atoms with Crippen LogP contribution in [0.2, 0.25) is 0 Å². The summed E-state index contributed by atoms with van der Waals surface area (Å²) < 4.78 is 57.5. The molecule has 6 nitrogen and oxygen atoms in total. The molecule has 0 unspecified atom stereocenters. The van der Waals surface area contributed by atoms with Crippen LogP contribution in [-0.4, -0.2) is 51.5 Å². The Kier molecular flexibility index (Phi) is 6.10. The van der Waals surface area contributed by atoms with Crippen LogP contribution in [0.15, 0.2) is 46.6 Å². The van der Waals surface area contributed by atoms with Gasteiger partial charge in [-0.15, -0.1) is 0 Å². The van der Waals surface area contributed by atoms with E-state index >= 15 is 8.78 Å². The van der Waals surface area contributed by atoms with Crippen molar-refractivity contribution >= 4 is 28.6 Å². The molecule has 5 rings (SSSR count). The fourth-order valence-electron chi connectivity index (χ4n) is 7.97. The van der Waals surface area contributed by atoms with Crippen LogP contribution < -0.4 is 0 Å². The molecule has 1 aromatic rings. The van der Waals surface area contributed by atoms with Gasteiger partial charge in [-0.05, 0) is 73.7 Å². The zero-order valence-electron chi connectivity index (χ0n) is 20.7. The summed E-state index contributed by atoms with van der Waals surface area (Å²) in [6.07, 6.45) is 1.16. The van der Waals surface area contributed by atoms with Gasteiger partial charge >= 0.3 is 5.97 Å². The molecule has 0 bridgehead atoms. The highest BCUT2D eigenvalue weighted by molar-refractivity contribution is 8.13. The van der Waals surface area contributed by atoms with Crippen LogP contribution in [0.4, 0.5) is 13.2 Å². The van der Waals surface area contributed by atoms with Gasteiger partial charge in [-0.2, -0.15) is 0 Å². The van der Waals surface area contributed by atoms with Crippen LogP contribution >= 0.6 is 11.8 Å². The molecule has 3 fully saturated rings. The van der Waals surface area contributed by atoms with E-state index in [0.717, 1.165) is 6.08 Å². The molecule has 0 radical (unpaired) electrons. The van der Waals surface area contributed by atoms with Crippen molar-refractivity contribution in [2.24, 2.45) is 28.6 Å². The van der Waals surface area contributed by atoms with Crippen molar-refractivity contribution in [3.8, 4) is 0 Å². The minimum Gasteiger partial charge on any atom is -0.457 e. The molecular weight excluding hydrogens is 509 g/mol. The highest BCUT2D eigenvalue weighted by atomic mass is 32.2. The van der Waals surface area contributed by atoms with Gasteiger partial charge in [0.1, 0.15) is 12.2 Å². The van der Waals surface area contributed by atoms with Crippen molar-refractivity contribution in [1.29, 1.82) is 0 Å². The average molecular weight is 539 g/mol. The number of rotatable bonds is 4. The first kappa shape index (κ1) is 26.3. The Morgan fingerprint density at radius 3 is 2.65 bits per heavy atom. The quantitative estimate of drug-likeness (QED) is 0.544. The first-order valence-corrected chi connectivity index (χ1v) is 13.3. The number of hydrogen-bond acceptors (Lipinski definition) is 7. The van der Waals surface area contributed by atoms with Gasteiger partial charge in [0.05, 0.1) is 12.4 Å². The van der Waals surface area contributed by atoms with E-state index in [9.17, 15) is 23.9 Å². The molecule has 9 atom stereocenters. The van der Waals surface area contributed by atoms with Gasteiger partial charge in [0.15, 0.2) is 17.1 Å². The Labute approximate surface area is 216 Å². The molecule has 0 saturated heterocycles. The Hall–Kier alpha value is -2.33. The maximum atomic E-state index is 17.4. The number of ether oxygens (including phenoxy) is 1. The number of fused-ring (bicyclic) bond motifs is 5. The third-order valence-electron chi connectivity index (χ3n) is 9.63. The molecule has 0 aliphatic heterocycles. The molecule has 1 N–H and O–H groups in total. The number of aliphatic hydroxyl groups excluding tert-OH is 1. The summed E-state index contributed by atoms with van der Waals surface area (Å²) in [4.78, 5) is 38.7. The summed E-state index contributed by atoms with van der Waals surface area (Å²) >= 11 is 0.352. The average Bonchev–Trinajstić information content (AvgIpc) is 3.45. The Bertz CT molecular complexity index is 1200. The van der Waals surface area contributed by atoms with E-state index in [1.54, 1.807) is 13.8 Å². The molecule has 3 saturated carbocycles. The maximum absolute atomic E-state index is 17.4. The number of allylic oxidation sites excluding steroid dienone is 4. The molecule has 10 heteroatoms. The summed E-state index contributed by atoms with van der Waals surface area (Å²) in [5.41, 5.74) is -7.19. The first-order valence-electron chi connectivity index (χ1n) is 12.3. The van der Waals surface area contributed by atoms with Crippen LogP contribution in [0.25, 0.3) is 0 Å². The largest absolute Gasteiger partial charge is 0.457 e. The lowest BCUT2D eigenvalue weighted by Crippen LogP contribution is -2.70. The fourth-order valence-corrected chi connectivity index (χ4v) is 8.76. The van der Waals surface area contributed by atoms with Crippen molar-refractivity contribution in [3.05, 3.63) is 48.0 Å². The van der Waals surface area contributed by atoms with Gasteiger partial charge in [0.2, 0.25) is 10.9 Å². The van der Waals surface area contributed by atoms with E-state index in [4.69, 9.17) is 9.15 Å². The molecule has 4 aliphatic carbocycles. The van der Waals surface area contributed by atoms with Gasteiger partial charge in [0.25, 0.3) is 0 Å². The number of hydrogen-bond donors (Lipinski definition) is 1. The van der Waals surface area contributed by atoms with Gasteiger partial charge in [0, 0.05) is 22.7 Å². The maximum Gasteiger partial charge on any atom is 0.375 e. The lowest BCUT2D eigenvalue weighted by Gasteiger charge is -2.63. The predicted octanol–water partition coefficient (Wildman–Crippen LogP) is 4.93. The standard InChI is InChI=1S/C27H29F3O6S/c1-14-9-16-17-11-19(29)18-10-15(31)6-7-24(18,2)26(17,30)21(32)12-25(16,3)27(14,23(34)37-13-28)36-22(33)20-5-4-8-35-20/h4-8,10,14,16-17,19,21,32H,9,11-13H2,1-3H3/t14-,16-,17+,19+,21+,24+,25+,26+,27+/m1/s1. The third-order valence-corrected chi connectivity index (χ3v) is 10.3. The lowest BCUT2D eigenvalue weighted by atomic mass is 9.44. The van der Waals surface area contributed by atoms with E-state index in [1.807, 2.05) is 0 Å². The predicted molar refractivity (Wildman–Crippen MR) is 129 cm³/mol. The van der Waals surface area contributed by atoms with Crippen molar-refractivity contribution in [3.63, 3.8) is 0 Å². The van der Waals surface area contributed by atoms with E-state index in [-0.39, 0.29) is 30.6 Å². The number of ketones is 1. The van der Waals surface area contributed by atoms with Crippen LogP contribution in [0.5, 0.6) is 0 Å². The van der Waals surface area contributed by atoms with Crippen LogP contribution in [0, 0.1) is 28.6 Å². The number of alkyl halides is 3. The van der Waals surface area contributed by atoms with Crippen LogP contribution in [-0.2, 0) is 14.3 Å². The molecule has 4 aliphatic rings. The van der Waals surface area contributed by atoms with Crippen LogP contribution in [0.3, 0.4) is 0 Å². The number of carbonyl (C=O) groups excluding carboxylic acids is 3. The molecule has 0 spiro atoms. The Morgan fingerprint density at radius 2 is 2.00 bits per heavy atom. The van der Waals surface area contributed by atoms with E-state index < -0.39 is 75.0 Å². The normalized spacial score (nSPS) is 44.5. The van der Waals surface area contributed by atoms with Gasteiger partial charge in [-0.3, -0.25) is 9.59 Å². The summed E-state index contributed by atoms with van der Waals surface area (Å²) in [7, 11) is 0. The molecule has 37 heavy (non-hydrogen) atoms. The van der Waals surface area contributed by atoms with E-state index in [1.165, 1.54) is 37.5 Å². The number of aliphatic hydroxyl groups is 1. The van der Waals surface area contributed by atoms with E-state index in [0.29, 0.717) is 11.8 Å². The topological polar surface area (TPSA) is 93.8 Å². The molecule has 1 heterocycles. The number of thioether (sulfide) groups is 1. The third kappa shape index (κ3) is 3.27.